The van der Waals surface area contributed by atoms with E-state index in [0.29, 0.717) is 15.1 Å². The topological polar surface area (TPSA) is 56.7 Å². The maximum absolute atomic E-state index is 6.05. The summed E-state index contributed by atoms with van der Waals surface area (Å²) in [6.45, 7) is 0. The lowest BCUT2D eigenvalue weighted by molar-refractivity contribution is 0.631. The van der Waals surface area contributed by atoms with E-state index in [1.54, 1.807) is 10.7 Å². The van der Waals surface area contributed by atoms with Crippen molar-refractivity contribution in [3.8, 4) is 0 Å². The van der Waals surface area contributed by atoms with E-state index in [-0.39, 0.29) is 6.04 Å². The lowest BCUT2D eigenvalue weighted by Gasteiger charge is -2.09. The molecule has 7 heteroatoms. The van der Waals surface area contributed by atoms with Crippen molar-refractivity contribution in [2.24, 2.45) is 12.8 Å². The Hall–Kier alpha value is -0.620. The van der Waals surface area contributed by atoms with Crippen LogP contribution >= 0.6 is 34.5 Å². The summed E-state index contributed by atoms with van der Waals surface area (Å²) in [6.07, 6.45) is 2.09. The van der Waals surface area contributed by atoms with Gasteiger partial charge in [0.25, 0.3) is 0 Å². The summed E-state index contributed by atoms with van der Waals surface area (Å²) in [6, 6.07) is 1.59. The molecule has 2 N–H and O–H groups in total. The molecule has 0 aliphatic heterocycles. The SMILES string of the molecule is Cn1ncnc1CC(N)c1cc(Cl)sc1Cl. The van der Waals surface area contributed by atoms with Gasteiger partial charge in [-0.25, -0.2) is 4.98 Å². The zero-order chi connectivity index (χ0) is 11.7. The molecule has 0 saturated heterocycles. The molecule has 0 spiro atoms. The Morgan fingerprint density at radius 3 is 2.81 bits per heavy atom. The largest absolute Gasteiger partial charge is 0.324 e. The number of hydrogen-bond donors (Lipinski definition) is 1. The highest BCUT2D eigenvalue weighted by Crippen LogP contribution is 2.34. The van der Waals surface area contributed by atoms with Crippen LogP contribution in [0.4, 0.5) is 0 Å². The van der Waals surface area contributed by atoms with Gasteiger partial charge in [0.05, 0.1) is 8.67 Å². The van der Waals surface area contributed by atoms with Gasteiger partial charge in [-0.15, -0.1) is 11.3 Å². The third kappa shape index (κ3) is 2.38. The van der Waals surface area contributed by atoms with Crippen molar-refractivity contribution in [3.05, 3.63) is 32.5 Å². The van der Waals surface area contributed by atoms with Crippen molar-refractivity contribution in [1.29, 1.82) is 0 Å². The predicted octanol–water partition coefficient (Wildman–Crippen LogP) is 2.43. The van der Waals surface area contributed by atoms with E-state index in [4.69, 9.17) is 28.9 Å². The Morgan fingerprint density at radius 2 is 2.31 bits per heavy atom. The van der Waals surface area contributed by atoms with Crippen molar-refractivity contribution in [1.82, 2.24) is 14.8 Å². The van der Waals surface area contributed by atoms with E-state index >= 15 is 0 Å². The molecular formula is C9H10Cl2N4S. The van der Waals surface area contributed by atoms with Gasteiger partial charge in [-0.2, -0.15) is 5.10 Å². The second kappa shape index (κ2) is 4.71. The van der Waals surface area contributed by atoms with E-state index in [1.165, 1.54) is 17.7 Å². The molecule has 0 aromatic carbocycles. The van der Waals surface area contributed by atoms with Crippen molar-refractivity contribution >= 4 is 34.5 Å². The molecule has 1 unspecified atom stereocenters. The first-order chi connectivity index (χ1) is 7.58. The molecule has 0 fully saturated rings. The molecule has 86 valence electrons. The first-order valence-electron chi connectivity index (χ1n) is 4.61. The second-order valence-corrected chi connectivity index (χ2v) is 5.68. The van der Waals surface area contributed by atoms with Gasteiger partial charge in [-0.1, -0.05) is 23.2 Å². The van der Waals surface area contributed by atoms with E-state index in [1.807, 2.05) is 7.05 Å². The summed E-state index contributed by atoms with van der Waals surface area (Å²) in [5.41, 5.74) is 6.91. The normalized spacial score (nSPS) is 13.0. The molecule has 0 bridgehead atoms. The molecular weight excluding hydrogens is 267 g/mol. The highest BCUT2D eigenvalue weighted by molar-refractivity contribution is 7.20. The number of halogens is 2. The Labute approximate surface area is 107 Å². The average molecular weight is 277 g/mol. The van der Waals surface area contributed by atoms with Gasteiger partial charge in [0.15, 0.2) is 0 Å². The monoisotopic (exact) mass is 276 g/mol. The fourth-order valence-corrected chi connectivity index (χ4v) is 3.01. The number of thiophene rings is 1. The van der Waals surface area contributed by atoms with Crippen LogP contribution in [0.3, 0.4) is 0 Å². The zero-order valence-electron chi connectivity index (χ0n) is 8.52. The van der Waals surface area contributed by atoms with Crippen LogP contribution in [-0.2, 0) is 13.5 Å². The molecule has 2 rings (SSSR count). The summed E-state index contributed by atoms with van der Waals surface area (Å²) >= 11 is 13.2. The molecule has 4 nitrogen and oxygen atoms in total. The minimum atomic E-state index is -0.209. The highest BCUT2D eigenvalue weighted by atomic mass is 35.5. The van der Waals surface area contributed by atoms with Crippen LogP contribution in [0.25, 0.3) is 0 Å². The Bertz CT molecular complexity index is 493. The van der Waals surface area contributed by atoms with Gasteiger partial charge in [-0.3, -0.25) is 4.68 Å². The standard InChI is InChI=1S/C9H10Cl2N4S/c1-15-8(13-4-14-15)3-6(12)5-2-7(10)16-9(5)11/h2,4,6H,3,12H2,1H3. The van der Waals surface area contributed by atoms with E-state index in [9.17, 15) is 0 Å². The van der Waals surface area contributed by atoms with Crippen molar-refractivity contribution < 1.29 is 0 Å². The minimum Gasteiger partial charge on any atom is -0.324 e. The number of aromatic nitrogens is 3. The average Bonchev–Trinajstić information content (AvgIpc) is 2.74. The summed E-state index contributed by atoms with van der Waals surface area (Å²) < 4.78 is 2.98. The van der Waals surface area contributed by atoms with E-state index in [2.05, 4.69) is 10.1 Å². The van der Waals surface area contributed by atoms with Crippen molar-refractivity contribution in [3.63, 3.8) is 0 Å². The van der Waals surface area contributed by atoms with Gasteiger partial charge in [0.2, 0.25) is 0 Å². The highest BCUT2D eigenvalue weighted by Gasteiger charge is 2.16. The number of nitrogens with zero attached hydrogens (tertiary/aromatic N) is 3. The number of rotatable bonds is 3. The van der Waals surface area contributed by atoms with Crippen LogP contribution in [0, 0.1) is 0 Å². The van der Waals surface area contributed by atoms with Crippen LogP contribution in [-0.4, -0.2) is 14.8 Å². The first-order valence-corrected chi connectivity index (χ1v) is 6.18. The predicted molar refractivity (Wildman–Crippen MR) is 66.0 cm³/mol. The van der Waals surface area contributed by atoms with Gasteiger partial charge in [-0.05, 0) is 6.07 Å². The first kappa shape index (κ1) is 11.9. The molecule has 16 heavy (non-hydrogen) atoms. The molecule has 0 aliphatic carbocycles. The van der Waals surface area contributed by atoms with Gasteiger partial charge >= 0.3 is 0 Å². The van der Waals surface area contributed by atoms with Crippen LogP contribution in [0.5, 0.6) is 0 Å². The summed E-state index contributed by atoms with van der Waals surface area (Å²) in [4.78, 5) is 4.12. The molecule has 2 heterocycles. The third-order valence-corrected chi connectivity index (χ3v) is 3.81. The van der Waals surface area contributed by atoms with E-state index < -0.39 is 0 Å². The lowest BCUT2D eigenvalue weighted by Crippen LogP contribution is -2.15. The van der Waals surface area contributed by atoms with Gasteiger partial charge < -0.3 is 5.73 Å². The summed E-state index contributed by atoms with van der Waals surface area (Å²) in [5.74, 6) is 0.825. The molecule has 0 amide bonds. The van der Waals surface area contributed by atoms with Crippen molar-refractivity contribution in [2.45, 2.75) is 12.5 Å². The molecule has 0 aliphatic rings. The molecule has 1 atom stereocenters. The van der Waals surface area contributed by atoms with Gasteiger partial charge in [0, 0.05) is 25.1 Å². The zero-order valence-corrected chi connectivity index (χ0v) is 10.9. The second-order valence-electron chi connectivity index (χ2n) is 3.39. The fourth-order valence-electron chi connectivity index (χ4n) is 1.42. The van der Waals surface area contributed by atoms with Crippen molar-refractivity contribution in [2.75, 3.05) is 0 Å². The Balaban J connectivity index is 2.17. The Morgan fingerprint density at radius 1 is 1.56 bits per heavy atom. The number of aryl methyl sites for hydroxylation is 1. The van der Waals surface area contributed by atoms with Crippen LogP contribution in [0.15, 0.2) is 12.4 Å². The smallest absolute Gasteiger partial charge is 0.138 e. The maximum atomic E-state index is 6.05. The quantitative estimate of drug-likeness (QED) is 0.937. The van der Waals surface area contributed by atoms with Crippen LogP contribution in [0.1, 0.15) is 17.4 Å². The fraction of sp³-hybridized carbons (Fsp3) is 0.333. The molecule has 0 saturated carbocycles. The van der Waals surface area contributed by atoms with Gasteiger partial charge in [0.1, 0.15) is 12.2 Å². The third-order valence-electron chi connectivity index (χ3n) is 2.29. The molecule has 0 radical (unpaired) electrons. The minimum absolute atomic E-state index is 0.209. The maximum Gasteiger partial charge on any atom is 0.138 e. The summed E-state index contributed by atoms with van der Waals surface area (Å²) in [7, 11) is 1.83. The Kier molecular flexibility index (Phi) is 3.49. The molecule has 2 aromatic rings. The summed E-state index contributed by atoms with van der Waals surface area (Å²) in [5, 5.41) is 3.98. The number of nitrogens with two attached hydrogens (primary N) is 1. The van der Waals surface area contributed by atoms with Crippen LogP contribution in [0.2, 0.25) is 8.67 Å². The number of hydrogen-bond acceptors (Lipinski definition) is 4. The van der Waals surface area contributed by atoms with Crippen LogP contribution < -0.4 is 5.73 Å². The lowest BCUT2D eigenvalue weighted by atomic mass is 10.1. The van der Waals surface area contributed by atoms with E-state index in [0.717, 1.165) is 11.4 Å². The molecule has 2 aromatic heterocycles.